The van der Waals surface area contributed by atoms with Crippen LogP contribution in [0, 0.1) is 5.92 Å². The van der Waals surface area contributed by atoms with Gasteiger partial charge in [-0.25, -0.2) is 4.79 Å². The topological polar surface area (TPSA) is 174 Å². The number of nitrogens with one attached hydrogen (secondary N) is 4. The van der Waals surface area contributed by atoms with Crippen LogP contribution in [0.5, 0.6) is 0 Å². The third-order valence-corrected chi connectivity index (χ3v) is 8.54. The molecule has 3 aliphatic rings. The Balaban J connectivity index is 1.79. The van der Waals surface area contributed by atoms with Crippen molar-refractivity contribution in [3.05, 3.63) is 0 Å². The van der Waals surface area contributed by atoms with Gasteiger partial charge >= 0.3 is 12.1 Å². The molecule has 44 heavy (non-hydrogen) atoms. The van der Waals surface area contributed by atoms with Crippen LogP contribution in [0.25, 0.3) is 0 Å². The molecule has 5 amide bonds. The van der Waals surface area contributed by atoms with E-state index in [-0.39, 0.29) is 51.1 Å². The predicted octanol–water partition coefficient (Wildman–Crippen LogP) is 1.91. The van der Waals surface area contributed by atoms with E-state index in [0.717, 1.165) is 30.6 Å². The number of amides is 5. The third kappa shape index (κ3) is 11.6. The molecule has 5 N–H and O–H groups in total. The molecule has 248 valence electrons. The number of carboxylic acids is 1. The Morgan fingerprint density at radius 2 is 1.59 bits per heavy atom. The number of carbonyl (C=O) groups is 6. The van der Waals surface area contributed by atoms with Gasteiger partial charge in [0.05, 0.1) is 6.42 Å². The van der Waals surface area contributed by atoms with E-state index in [4.69, 9.17) is 0 Å². The summed E-state index contributed by atoms with van der Waals surface area (Å²) in [5.41, 5.74) is 0. The van der Waals surface area contributed by atoms with Gasteiger partial charge in [0.15, 0.2) is 0 Å². The van der Waals surface area contributed by atoms with Crippen LogP contribution in [0.3, 0.4) is 0 Å². The van der Waals surface area contributed by atoms with E-state index in [1.807, 2.05) is 0 Å². The van der Waals surface area contributed by atoms with E-state index in [2.05, 4.69) is 21.3 Å². The van der Waals surface area contributed by atoms with Crippen LogP contribution in [0.2, 0.25) is 0 Å². The monoisotopic (exact) mass is 631 g/mol. The number of carboxylic acid groups (broad SMARTS) is 1. The van der Waals surface area contributed by atoms with Crippen LogP contribution in [-0.4, -0.2) is 88.9 Å². The molecule has 3 fully saturated rings. The molecule has 0 spiro atoms. The fraction of sp³-hybridized carbons (Fsp3) is 0.793. The van der Waals surface area contributed by atoms with Crippen molar-refractivity contribution in [2.45, 2.75) is 127 Å². The lowest BCUT2D eigenvalue weighted by Gasteiger charge is -2.29. The zero-order valence-electron chi connectivity index (χ0n) is 24.9. The van der Waals surface area contributed by atoms with Gasteiger partial charge < -0.3 is 31.3 Å². The first kappa shape index (κ1) is 35.1. The zero-order chi connectivity index (χ0) is 32.3. The van der Waals surface area contributed by atoms with E-state index in [1.165, 1.54) is 6.42 Å². The van der Waals surface area contributed by atoms with E-state index in [0.29, 0.717) is 25.2 Å². The van der Waals surface area contributed by atoms with Crippen LogP contribution in [0.15, 0.2) is 0 Å². The molecule has 2 saturated heterocycles. The molecule has 1 aliphatic carbocycles. The molecule has 15 heteroatoms. The SMILES string of the molecule is O=C1CC[C@@H](C(=O)O)NC(=O)[C@@H]2C[C@@H](NC(=O)CCC(F)(F)F)CN2C(=O)[C@@H](NC(=O)CCC2CCCCC2)CCCCN1. The molecule has 0 aromatic heterocycles. The zero-order valence-corrected chi connectivity index (χ0v) is 24.9. The molecule has 2 heterocycles. The molecule has 0 aromatic carbocycles. The van der Waals surface area contributed by atoms with E-state index in [1.54, 1.807) is 0 Å². The molecule has 12 nitrogen and oxygen atoms in total. The van der Waals surface area contributed by atoms with Crippen LogP contribution >= 0.6 is 0 Å². The van der Waals surface area contributed by atoms with Gasteiger partial charge in [-0.1, -0.05) is 32.1 Å². The Kier molecular flexibility index (Phi) is 13.3. The Bertz CT molecular complexity index is 1050. The van der Waals surface area contributed by atoms with Crippen molar-refractivity contribution in [1.82, 2.24) is 26.2 Å². The van der Waals surface area contributed by atoms with E-state index < -0.39 is 72.8 Å². The second-order valence-electron chi connectivity index (χ2n) is 12.1. The van der Waals surface area contributed by atoms with Crippen molar-refractivity contribution < 1.29 is 47.0 Å². The predicted molar refractivity (Wildman–Crippen MR) is 151 cm³/mol. The summed E-state index contributed by atoms with van der Waals surface area (Å²) in [6.45, 7) is 0.0682. The molecule has 1 saturated carbocycles. The summed E-state index contributed by atoms with van der Waals surface area (Å²) in [5.74, 6) is -3.99. The Morgan fingerprint density at radius 3 is 2.27 bits per heavy atom. The summed E-state index contributed by atoms with van der Waals surface area (Å²) in [7, 11) is 0. The number of fused-ring (bicyclic) bond motifs is 1. The number of carbonyl (C=O) groups excluding carboxylic acids is 5. The summed E-state index contributed by atoms with van der Waals surface area (Å²) in [4.78, 5) is 77.7. The first-order chi connectivity index (χ1) is 20.8. The highest BCUT2D eigenvalue weighted by atomic mass is 19.4. The first-order valence-corrected chi connectivity index (χ1v) is 15.6. The minimum atomic E-state index is -4.54. The van der Waals surface area contributed by atoms with E-state index in [9.17, 15) is 47.0 Å². The van der Waals surface area contributed by atoms with Crippen molar-refractivity contribution in [2.24, 2.45) is 5.92 Å². The highest BCUT2D eigenvalue weighted by Gasteiger charge is 2.43. The number of rotatable bonds is 8. The maximum atomic E-state index is 13.9. The second kappa shape index (κ2) is 16.6. The number of alkyl halides is 3. The third-order valence-electron chi connectivity index (χ3n) is 8.54. The number of halogens is 3. The highest BCUT2D eigenvalue weighted by molar-refractivity contribution is 5.94. The standard InChI is InChI=1S/C29H44F3N5O7/c30-29(31,32)14-13-25(40)34-19-16-22-26(41)36-21(28(43)44)10-12-23(38)33-15-5-4-8-20(27(42)37(22)17-19)35-24(39)11-9-18-6-2-1-3-7-18/h18-22H,1-17H2,(H,33,38)(H,34,40)(H,35,39)(H,36,41)(H,43,44)/t19-,20+,21+,22+/m1/s1. The fourth-order valence-corrected chi connectivity index (χ4v) is 6.11. The van der Waals surface area contributed by atoms with Gasteiger partial charge in [-0.15, -0.1) is 0 Å². The van der Waals surface area contributed by atoms with Crippen molar-refractivity contribution in [3.63, 3.8) is 0 Å². The van der Waals surface area contributed by atoms with Gasteiger partial charge in [0, 0.05) is 38.4 Å². The van der Waals surface area contributed by atoms with Crippen molar-refractivity contribution in [3.8, 4) is 0 Å². The van der Waals surface area contributed by atoms with Crippen molar-refractivity contribution in [2.75, 3.05) is 13.1 Å². The molecule has 0 radical (unpaired) electrons. The first-order valence-electron chi connectivity index (χ1n) is 15.6. The van der Waals surface area contributed by atoms with Crippen LogP contribution in [0.1, 0.15) is 96.3 Å². The molecule has 0 aromatic rings. The van der Waals surface area contributed by atoms with Crippen molar-refractivity contribution >= 4 is 35.5 Å². The summed E-state index contributed by atoms with van der Waals surface area (Å²) in [5, 5.41) is 20.0. The molecular weight excluding hydrogens is 587 g/mol. The summed E-state index contributed by atoms with van der Waals surface area (Å²) < 4.78 is 37.9. The number of hydrogen-bond acceptors (Lipinski definition) is 6. The molecule has 0 bridgehead atoms. The number of aliphatic carboxylic acids is 1. The fourth-order valence-electron chi connectivity index (χ4n) is 6.11. The lowest BCUT2D eigenvalue weighted by Crippen LogP contribution is -2.55. The summed E-state index contributed by atoms with van der Waals surface area (Å²) in [6.07, 6.45) is 0.362. The normalized spacial score (nSPS) is 26.4. The summed E-state index contributed by atoms with van der Waals surface area (Å²) in [6, 6.07) is -4.59. The van der Waals surface area contributed by atoms with Crippen LogP contribution in [0.4, 0.5) is 13.2 Å². The van der Waals surface area contributed by atoms with Gasteiger partial charge in [0.1, 0.15) is 18.1 Å². The average molecular weight is 632 g/mol. The Morgan fingerprint density at radius 1 is 0.909 bits per heavy atom. The van der Waals surface area contributed by atoms with Gasteiger partial charge in [-0.2, -0.15) is 13.2 Å². The Hall–Kier alpha value is -3.39. The largest absolute Gasteiger partial charge is 0.480 e. The quantitative estimate of drug-likeness (QED) is 0.272. The van der Waals surface area contributed by atoms with Gasteiger partial charge in [0.2, 0.25) is 29.5 Å². The van der Waals surface area contributed by atoms with Gasteiger partial charge in [-0.05, 0) is 44.4 Å². The van der Waals surface area contributed by atoms with Crippen LogP contribution < -0.4 is 21.3 Å². The molecule has 3 rings (SSSR count). The van der Waals surface area contributed by atoms with E-state index >= 15 is 0 Å². The van der Waals surface area contributed by atoms with Gasteiger partial charge in [0.25, 0.3) is 0 Å². The number of nitrogens with zero attached hydrogens (tertiary/aromatic N) is 1. The van der Waals surface area contributed by atoms with Gasteiger partial charge in [-0.3, -0.25) is 24.0 Å². The second-order valence-corrected chi connectivity index (χ2v) is 12.1. The number of hydrogen-bond donors (Lipinski definition) is 5. The lowest BCUT2D eigenvalue weighted by molar-refractivity contribution is -0.145. The van der Waals surface area contributed by atoms with Crippen LogP contribution in [-0.2, 0) is 28.8 Å². The smallest absolute Gasteiger partial charge is 0.389 e. The minimum absolute atomic E-state index is 0.162. The van der Waals surface area contributed by atoms with Crippen molar-refractivity contribution in [1.29, 1.82) is 0 Å². The average Bonchev–Trinajstić information content (AvgIpc) is 3.39. The molecule has 4 atom stereocenters. The molecule has 0 unspecified atom stereocenters. The highest BCUT2D eigenvalue weighted by Crippen LogP contribution is 2.28. The minimum Gasteiger partial charge on any atom is -0.480 e. The maximum absolute atomic E-state index is 13.9. The summed E-state index contributed by atoms with van der Waals surface area (Å²) >= 11 is 0. The Labute approximate surface area is 254 Å². The molecular formula is C29H44F3N5O7. The maximum Gasteiger partial charge on any atom is 0.389 e. The lowest BCUT2D eigenvalue weighted by atomic mass is 9.86. The molecule has 2 aliphatic heterocycles.